The van der Waals surface area contributed by atoms with Crippen molar-refractivity contribution in [3.8, 4) is 33.2 Å². The lowest BCUT2D eigenvalue weighted by Gasteiger charge is -2.35. The van der Waals surface area contributed by atoms with Crippen LogP contribution in [0, 0.1) is 19.3 Å². The first-order valence-corrected chi connectivity index (χ1v) is 24.4. The minimum atomic E-state index is -0.964. The third-order valence-electron chi connectivity index (χ3n) is 11.9. The van der Waals surface area contributed by atoms with Crippen LogP contribution in [0.15, 0.2) is 101 Å². The smallest absolute Gasteiger partial charge is 0.246 e. The van der Waals surface area contributed by atoms with Crippen LogP contribution in [0.5, 0.6) is 11.5 Å². The summed E-state index contributed by atoms with van der Waals surface area (Å²) in [6.07, 6.45) is -0.772. The number of phenolic OH excluding ortho intramolecular Hbond substituents is 1. The van der Waals surface area contributed by atoms with Crippen LogP contribution in [0.4, 0.5) is 0 Å². The topological polar surface area (TPSA) is 174 Å². The SMILES string of the molecule is Cc1ncsc1-c1ccc(CNC(=O)[C@@H]2C[C@@H](O)CN2C(=O)[C@@H](NC(=O)COCCOCCOCCOc2ccc(Cn3c(-c4ccc(Br)cc4)c(C)c4cc(O)ccc43)cc2)C(C)(C)C)cc1. The molecule has 0 saturated carbocycles. The standard InChI is InChI=1S/C52H60BrN5O9S/c1-33-43-26-40(59)16-19-44(43)57(47(33)37-12-14-39(53)15-13-37)29-36-8-17-42(18-9-36)67-25-24-65-21-20-64-22-23-66-31-46(61)56-49(52(3,4)5)51(63)58-30-41(60)27-45(58)50(62)54-28-35-6-10-38(11-7-35)48-34(2)55-32-68-48/h6-19,26,32,41,45,49,59-60H,20-25,27-31H2,1-5H3,(H,54,62)(H,56,61)/t41-,45+,49-/m1/s1. The van der Waals surface area contributed by atoms with Gasteiger partial charge in [0.1, 0.15) is 36.8 Å². The first-order valence-electron chi connectivity index (χ1n) is 22.7. The summed E-state index contributed by atoms with van der Waals surface area (Å²) < 4.78 is 26.1. The number of nitrogens with zero attached hydrogens (tertiary/aromatic N) is 3. The van der Waals surface area contributed by atoms with Gasteiger partial charge in [-0.05, 0) is 89.5 Å². The van der Waals surface area contributed by atoms with Gasteiger partial charge in [0.25, 0.3) is 0 Å². The number of fused-ring (bicyclic) bond motifs is 1. The van der Waals surface area contributed by atoms with Crippen molar-refractivity contribution < 1.29 is 43.5 Å². The number of aryl methyl sites for hydroxylation is 2. The normalized spacial score (nSPS) is 15.4. The molecule has 16 heteroatoms. The number of hydrogen-bond donors (Lipinski definition) is 4. The molecule has 3 heterocycles. The van der Waals surface area contributed by atoms with Crippen LogP contribution < -0.4 is 15.4 Å². The number of β-amino-alcohol motifs (C(OH)–C–C–N with tert-alkyl or cyclic N) is 1. The van der Waals surface area contributed by atoms with Gasteiger partial charge in [-0.1, -0.05) is 85.2 Å². The van der Waals surface area contributed by atoms with Crippen LogP contribution in [-0.4, -0.2) is 113 Å². The number of rotatable bonds is 21. The molecule has 14 nitrogen and oxygen atoms in total. The number of ether oxygens (including phenoxy) is 4. The van der Waals surface area contributed by atoms with Crippen molar-refractivity contribution in [2.24, 2.45) is 5.41 Å². The Kier molecular flexibility index (Phi) is 17.1. The average Bonchev–Trinajstić information content (AvgIpc) is 4.01. The van der Waals surface area contributed by atoms with E-state index in [2.05, 4.69) is 67.3 Å². The number of aliphatic hydroxyl groups excluding tert-OH is 1. The summed E-state index contributed by atoms with van der Waals surface area (Å²) in [4.78, 5) is 47.1. The number of aliphatic hydroxyl groups is 1. The van der Waals surface area contributed by atoms with E-state index in [1.807, 2.05) is 93.9 Å². The zero-order chi connectivity index (χ0) is 48.4. The largest absolute Gasteiger partial charge is 0.508 e. The Balaban J connectivity index is 0.778. The molecule has 360 valence electrons. The summed E-state index contributed by atoms with van der Waals surface area (Å²) in [6, 6.07) is 27.8. The van der Waals surface area contributed by atoms with Crippen molar-refractivity contribution in [1.82, 2.24) is 25.1 Å². The monoisotopic (exact) mass is 1010 g/mol. The lowest BCUT2D eigenvalue weighted by Crippen LogP contribution is -2.58. The van der Waals surface area contributed by atoms with E-state index in [4.69, 9.17) is 18.9 Å². The van der Waals surface area contributed by atoms with E-state index in [1.54, 1.807) is 17.4 Å². The van der Waals surface area contributed by atoms with Crippen LogP contribution >= 0.6 is 27.3 Å². The van der Waals surface area contributed by atoms with Crippen molar-refractivity contribution in [3.05, 3.63) is 123 Å². The minimum absolute atomic E-state index is 0.0152. The van der Waals surface area contributed by atoms with E-state index >= 15 is 0 Å². The molecule has 0 unspecified atom stereocenters. The number of phenols is 1. The molecule has 68 heavy (non-hydrogen) atoms. The van der Waals surface area contributed by atoms with E-state index < -0.39 is 35.4 Å². The highest BCUT2D eigenvalue weighted by molar-refractivity contribution is 9.10. The lowest BCUT2D eigenvalue weighted by molar-refractivity contribution is -0.144. The van der Waals surface area contributed by atoms with Crippen LogP contribution in [0.2, 0.25) is 0 Å². The fourth-order valence-corrected chi connectivity index (χ4v) is 9.41. The highest BCUT2D eigenvalue weighted by atomic mass is 79.9. The fourth-order valence-electron chi connectivity index (χ4n) is 8.33. The molecule has 1 aliphatic rings. The summed E-state index contributed by atoms with van der Waals surface area (Å²) in [5.41, 5.74) is 9.48. The van der Waals surface area contributed by atoms with E-state index in [0.717, 1.165) is 65.2 Å². The highest BCUT2D eigenvalue weighted by Gasteiger charge is 2.44. The van der Waals surface area contributed by atoms with Crippen molar-refractivity contribution in [3.63, 3.8) is 0 Å². The Hall–Kier alpha value is -5.62. The molecule has 1 fully saturated rings. The second-order valence-corrected chi connectivity index (χ2v) is 19.8. The Morgan fingerprint density at radius 3 is 2.16 bits per heavy atom. The number of likely N-dealkylation sites (tertiary alicyclic amines) is 1. The Bertz CT molecular complexity index is 2650. The first kappa shape index (κ1) is 50.3. The molecule has 7 rings (SSSR count). The summed E-state index contributed by atoms with van der Waals surface area (Å²) >= 11 is 5.11. The van der Waals surface area contributed by atoms with Gasteiger partial charge in [0.2, 0.25) is 17.7 Å². The van der Waals surface area contributed by atoms with Gasteiger partial charge in [-0.15, -0.1) is 11.3 Å². The van der Waals surface area contributed by atoms with Gasteiger partial charge in [0.05, 0.1) is 60.9 Å². The van der Waals surface area contributed by atoms with Crippen LogP contribution in [0.25, 0.3) is 32.6 Å². The number of amides is 3. The van der Waals surface area contributed by atoms with Gasteiger partial charge >= 0.3 is 0 Å². The van der Waals surface area contributed by atoms with Crippen LogP contribution in [-0.2, 0) is 41.7 Å². The third kappa shape index (κ3) is 12.9. The molecular formula is C52H60BrN5O9S. The van der Waals surface area contributed by atoms with Crippen molar-refractivity contribution in [2.45, 2.75) is 72.3 Å². The number of halogens is 1. The fraction of sp³-hybridized carbons (Fsp3) is 0.385. The summed E-state index contributed by atoms with van der Waals surface area (Å²) in [5, 5.41) is 27.5. The summed E-state index contributed by atoms with van der Waals surface area (Å²) in [6.45, 7) is 12.0. The van der Waals surface area contributed by atoms with Crippen LogP contribution in [0.3, 0.4) is 0 Å². The maximum Gasteiger partial charge on any atom is 0.246 e. The number of hydrogen-bond acceptors (Lipinski definition) is 11. The Morgan fingerprint density at radius 2 is 1.50 bits per heavy atom. The summed E-state index contributed by atoms with van der Waals surface area (Å²) in [7, 11) is 0. The first-order chi connectivity index (χ1) is 32.7. The number of thiazole rings is 1. The van der Waals surface area contributed by atoms with Crippen molar-refractivity contribution >= 4 is 55.9 Å². The molecule has 4 N–H and O–H groups in total. The van der Waals surface area contributed by atoms with Gasteiger partial charge in [-0.2, -0.15) is 0 Å². The molecule has 0 spiro atoms. The van der Waals surface area contributed by atoms with Gasteiger partial charge in [-0.25, -0.2) is 4.98 Å². The molecule has 6 aromatic rings. The molecule has 2 aromatic heterocycles. The van der Waals surface area contributed by atoms with Crippen LogP contribution in [0.1, 0.15) is 49.6 Å². The number of benzene rings is 4. The summed E-state index contributed by atoms with van der Waals surface area (Å²) in [5.74, 6) is -0.320. The number of aromatic hydroxyl groups is 1. The molecular weight excluding hydrogens is 951 g/mol. The minimum Gasteiger partial charge on any atom is -0.508 e. The van der Waals surface area contributed by atoms with Crippen molar-refractivity contribution in [2.75, 3.05) is 52.8 Å². The Labute approximate surface area is 409 Å². The van der Waals surface area contributed by atoms with Gasteiger partial charge in [-0.3, -0.25) is 14.4 Å². The second kappa shape index (κ2) is 23.1. The quantitative estimate of drug-likeness (QED) is 0.0522. The number of carbonyl (C=O) groups is 3. The average molecular weight is 1010 g/mol. The molecule has 4 aromatic carbocycles. The van der Waals surface area contributed by atoms with Crippen molar-refractivity contribution in [1.29, 1.82) is 0 Å². The zero-order valence-electron chi connectivity index (χ0n) is 39.1. The number of nitrogens with one attached hydrogen (secondary N) is 2. The van der Waals surface area contributed by atoms with E-state index in [-0.39, 0.29) is 51.0 Å². The molecule has 3 atom stereocenters. The maximum absolute atomic E-state index is 13.9. The predicted molar refractivity (Wildman–Crippen MR) is 267 cm³/mol. The van der Waals surface area contributed by atoms with Gasteiger partial charge < -0.3 is 49.3 Å². The van der Waals surface area contributed by atoms with Gasteiger partial charge in [0, 0.05) is 41.4 Å². The van der Waals surface area contributed by atoms with Gasteiger partial charge in [0.15, 0.2) is 0 Å². The van der Waals surface area contributed by atoms with E-state index in [1.165, 1.54) is 4.90 Å². The maximum atomic E-state index is 13.9. The molecule has 1 saturated heterocycles. The molecule has 1 aliphatic heterocycles. The lowest BCUT2D eigenvalue weighted by atomic mass is 9.85. The number of aromatic nitrogens is 2. The molecule has 0 aliphatic carbocycles. The second-order valence-electron chi connectivity index (χ2n) is 18.0. The highest BCUT2D eigenvalue weighted by Crippen LogP contribution is 2.36. The third-order valence-corrected chi connectivity index (χ3v) is 13.4. The molecule has 0 radical (unpaired) electrons. The number of carbonyl (C=O) groups excluding carboxylic acids is 3. The molecule has 3 amide bonds. The molecule has 0 bridgehead atoms. The van der Waals surface area contributed by atoms with E-state index in [9.17, 15) is 24.6 Å². The predicted octanol–water partition coefficient (Wildman–Crippen LogP) is 7.80. The Morgan fingerprint density at radius 1 is 0.853 bits per heavy atom. The van der Waals surface area contributed by atoms with E-state index in [0.29, 0.717) is 33.0 Å². The zero-order valence-corrected chi connectivity index (χ0v) is 41.5.